The fraction of sp³-hybridized carbons (Fsp3) is 0.867. The van der Waals surface area contributed by atoms with Crippen molar-refractivity contribution in [1.29, 1.82) is 0 Å². The zero-order valence-electron chi connectivity index (χ0n) is 16.3. The van der Waals surface area contributed by atoms with Crippen LogP contribution in [0.2, 0.25) is 39.3 Å². The average molecular weight is 365 g/mol. The van der Waals surface area contributed by atoms with Crippen LogP contribution in [0.25, 0.3) is 0 Å². The number of hydrogen-bond acceptors (Lipinski definition) is 4. The van der Waals surface area contributed by atoms with Gasteiger partial charge in [-0.3, -0.25) is 0 Å². The topological polar surface area (TPSA) is 36.9 Å². The van der Waals surface area contributed by atoms with Crippen LogP contribution in [0.4, 0.5) is 0 Å². The summed E-state index contributed by atoms with van der Waals surface area (Å²) in [7, 11) is -6.53. The highest BCUT2D eigenvalue weighted by Gasteiger charge is 2.45. The lowest BCUT2D eigenvalue weighted by Crippen LogP contribution is -2.58. The molecule has 1 atom stereocenters. The van der Waals surface area contributed by atoms with Crippen LogP contribution >= 0.6 is 0 Å². The Morgan fingerprint density at radius 1 is 0.955 bits per heavy atom. The smallest absolute Gasteiger partial charge is 0.354 e. The Morgan fingerprint density at radius 2 is 1.45 bits per heavy atom. The van der Waals surface area contributed by atoms with Gasteiger partial charge in [0.15, 0.2) is 8.32 Å². The highest BCUT2D eigenvalue weighted by Crippen LogP contribution is 2.25. The summed E-state index contributed by atoms with van der Waals surface area (Å²) in [6.45, 7) is 24.9. The minimum absolute atomic E-state index is 0.224. The molecule has 0 bridgehead atoms. The molecule has 0 fully saturated rings. The second-order valence-corrected chi connectivity index (χ2v) is 19.7. The van der Waals surface area contributed by atoms with Crippen LogP contribution in [0, 0.1) is 0 Å². The van der Waals surface area contributed by atoms with Crippen molar-refractivity contribution in [2.45, 2.75) is 79.0 Å². The quantitative estimate of drug-likeness (QED) is 0.430. The third kappa shape index (κ3) is 10.7. The van der Waals surface area contributed by atoms with Crippen LogP contribution in [-0.4, -0.2) is 37.3 Å². The van der Waals surface area contributed by atoms with Gasteiger partial charge in [-0.15, -0.1) is 0 Å². The first kappa shape index (κ1) is 22.1. The monoisotopic (exact) mass is 364 g/mol. The molecule has 0 saturated heterocycles. The summed E-state index contributed by atoms with van der Waals surface area (Å²) in [6, 6.07) is 0. The van der Waals surface area contributed by atoms with E-state index < -0.39 is 25.4 Å². The Bertz CT molecular complexity index is 372. The standard InChI is InChI=1S/C15H36O4Si3/c1-12-14(2)16-13-22(11,18-20(6,7)8)19-21(9,10)17-15(3,4)5/h2,12-13H2,1,3-11H3. The van der Waals surface area contributed by atoms with Crippen molar-refractivity contribution in [3.05, 3.63) is 12.3 Å². The van der Waals surface area contributed by atoms with Crippen LogP contribution < -0.4 is 0 Å². The van der Waals surface area contributed by atoms with Crippen molar-refractivity contribution in [2.75, 3.05) is 6.23 Å². The summed E-state index contributed by atoms with van der Waals surface area (Å²) in [5, 5.41) is 0. The maximum absolute atomic E-state index is 6.47. The lowest BCUT2D eigenvalue weighted by atomic mass is 10.2. The Balaban J connectivity index is 5.10. The minimum Gasteiger partial charge on any atom is -0.497 e. The maximum atomic E-state index is 6.47. The van der Waals surface area contributed by atoms with E-state index in [1.807, 2.05) is 6.92 Å². The molecule has 22 heavy (non-hydrogen) atoms. The van der Waals surface area contributed by atoms with Gasteiger partial charge in [0.2, 0.25) is 0 Å². The van der Waals surface area contributed by atoms with Crippen molar-refractivity contribution < 1.29 is 17.4 Å². The lowest BCUT2D eigenvalue weighted by molar-refractivity contribution is 0.0854. The lowest BCUT2D eigenvalue weighted by Gasteiger charge is -2.41. The van der Waals surface area contributed by atoms with E-state index in [4.69, 9.17) is 17.4 Å². The molecule has 0 rings (SSSR count). The van der Waals surface area contributed by atoms with Crippen molar-refractivity contribution in [2.24, 2.45) is 0 Å². The SMILES string of the molecule is C=C(CC)OC[Si](C)(O[Si](C)(C)C)O[Si](C)(C)OC(C)(C)C. The predicted octanol–water partition coefficient (Wildman–Crippen LogP) is 4.92. The van der Waals surface area contributed by atoms with Gasteiger partial charge in [-0.25, -0.2) is 0 Å². The second kappa shape index (κ2) is 7.76. The molecule has 0 spiro atoms. The number of rotatable bonds is 9. The Labute approximate surface area is 140 Å². The summed E-state index contributed by atoms with van der Waals surface area (Å²) >= 11 is 0. The van der Waals surface area contributed by atoms with E-state index in [0.29, 0.717) is 6.23 Å². The van der Waals surface area contributed by atoms with E-state index in [1.165, 1.54) is 0 Å². The first-order chi connectivity index (χ1) is 9.58. The van der Waals surface area contributed by atoms with Gasteiger partial charge >= 0.3 is 17.1 Å². The Hall–Kier alpha value is 0.0706. The molecule has 0 radical (unpaired) electrons. The molecule has 4 nitrogen and oxygen atoms in total. The molecule has 0 aromatic rings. The van der Waals surface area contributed by atoms with Crippen molar-refractivity contribution in [3.8, 4) is 0 Å². The van der Waals surface area contributed by atoms with Crippen LogP contribution in [0.5, 0.6) is 0 Å². The van der Waals surface area contributed by atoms with E-state index in [-0.39, 0.29) is 5.60 Å². The Morgan fingerprint density at radius 3 is 1.82 bits per heavy atom. The van der Waals surface area contributed by atoms with E-state index in [9.17, 15) is 0 Å². The summed E-state index contributed by atoms with van der Waals surface area (Å²) in [6.07, 6.45) is 1.27. The molecule has 0 N–H and O–H groups in total. The number of hydrogen-bond donors (Lipinski definition) is 0. The number of ether oxygens (including phenoxy) is 1. The van der Waals surface area contributed by atoms with Crippen molar-refractivity contribution >= 4 is 25.4 Å². The van der Waals surface area contributed by atoms with Crippen LogP contribution in [-0.2, 0) is 17.4 Å². The molecular formula is C15H36O4Si3. The van der Waals surface area contributed by atoms with Gasteiger partial charge < -0.3 is 17.4 Å². The van der Waals surface area contributed by atoms with Crippen LogP contribution in [0.1, 0.15) is 34.1 Å². The van der Waals surface area contributed by atoms with Crippen molar-refractivity contribution in [3.63, 3.8) is 0 Å². The average Bonchev–Trinajstić information content (AvgIpc) is 2.18. The first-order valence-electron chi connectivity index (χ1n) is 7.99. The van der Waals surface area contributed by atoms with Gasteiger partial charge in [0.1, 0.15) is 6.23 Å². The summed E-state index contributed by atoms with van der Waals surface area (Å²) in [4.78, 5) is 0. The minimum atomic E-state index is -2.48. The summed E-state index contributed by atoms with van der Waals surface area (Å²) < 4.78 is 24.9. The fourth-order valence-electron chi connectivity index (χ4n) is 2.34. The predicted molar refractivity (Wildman–Crippen MR) is 101 cm³/mol. The molecule has 0 aromatic heterocycles. The van der Waals surface area contributed by atoms with E-state index >= 15 is 0 Å². The molecule has 0 amide bonds. The Kier molecular flexibility index (Phi) is 7.79. The van der Waals surface area contributed by atoms with Crippen molar-refractivity contribution in [1.82, 2.24) is 0 Å². The second-order valence-electron chi connectivity index (χ2n) is 8.25. The third-order valence-electron chi connectivity index (χ3n) is 2.47. The van der Waals surface area contributed by atoms with Gasteiger partial charge in [0.05, 0.1) is 11.4 Å². The van der Waals surface area contributed by atoms with E-state index in [2.05, 4.69) is 66.6 Å². The zero-order valence-corrected chi connectivity index (χ0v) is 19.3. The van der Waals surface area contributed by atoms with Gasteiger partial charge in [-0.1, -0.05) is 13.5 Å². The molecule has 0 saturated carbocycles. The highest BCUT2D eigenvalue weighted by atomic mass is 28.5. The van der Waals surface area contributed by atoms with Gasteiger partial charge in [-0.2, -0.15) is 0 Å². The third-order valence-corrected chi connectivity index (χ3v) is 12.1. The molecule has 0 heterocycles. The largest absolute Gasteiger partial charge is 0.497 e. The van der Waals surface area contributed by atoms with Crippen LogP contribution in [0.3, 0.4) is 0 Å². The molecule has 0 aromatic carbocycles. The molecule has 0 aliphatic carbocycles. The molecular weight excluding hydrogens is 328 g/mol. The molecule has 7 heteroatoms. The molecule has 132 valence electrons. The molecule has 0 aliphatic rings. The van der Waals surface area contributed by atoms with E-state index in [1.54, 1.807) is 0 Å². The first-order valence-corrected chi connectivity index (χ1v) is 16.7. The maximum Gasteiger partial charge on any atom is 0.354 e. The summed E-state index contributed by atoms with van der Waals surface area (Å²) in [5.41, 5.74) is -0.224. The fourth-order valence-corrected chi connectivity index (χ4v) is 14.8. The highest BCUT2D eigenvalue weighted by molar-refractivity contribution is 6.86. The van der Waals surface area contributed by atoms with Crippen LogP contribution in [0.15, 0.2) is 12.3 Å². The molecule has 1 unspecified atom stereocenters. The zero-order chi connectivity index (χ0) is 17.8. The summed E-state index contributed by atoms with van der Waals surface area (Å²) in [5.74, 6) is 0.776. The normalized spacial score (nSPS) is 16.3. The van der Waals surface area contributed by atoms with Gasteiger partial charge in [0, 0.05) is 6.42 Å². The van der Waals surface area contributed by atoms with E-state index in [0.717, 1.165) is 12.2 Å². The molecule has 0 aliphatic heterocycles. The van der Waals surface area contributed by atoms with Gasteiger partial charge in [-0.05, 0) is 60.1 Å². The van der Waals surface area contributed by atoms with Gasteiger partial charge in [0.25, 0.3) is 0 Å². The number of allylic oxidation sites excluding steroid dienone is 1.